The Labute approximate surface area is 106 Å². The van der Waals surface area contributed by atoms with Crippen LogP contribution in [0.3, 0.4) is 0 Å². The number of rotatable bonds is 1. The van der Waals surface area contributed by atoms with Gasteiger partial charge in [0, 0.05) is 13.2 Å². The largest absolute Gasteiger partial charge is 0.355 e. The Morgan fingerprint density at radius 1 is 1.22 bits per heavy atom. The third-order valence-corrected chi connectivity index (χ3v) is 3.07. The van der Waals surface area contributed by atoms with Crippen molar-refractivity contribution in [1.82, 2.24) is 4.98 Å². The lowest BCUT2D eigenvalue weighted by molar-refractivity contribution is 0.933. The first-order chi connectivity index (χ1) is 8.79. The molecule has 1 aliphatic heterocycles. The second-order valence-corrected chi connectivity index (χ2v) is 4.24. The zero-order chi connectivity index (χ0) is 12.5. The van der Waals surface area contributed by atoms with Gasteiger partial charge in [0.05, 0.1) is 24.6 Å². The molecule has 0 saturated carbocycles. The van der Waals surface area contributed by atoms with Gasteiger partial charge in [-0.15, -0.1) is 0 Å². The molecule has 2 aromatic rings. The van der Waals surface area contributed by atoms with E-state index in [1.54, 1.807) is 6.20 Å². The van der Waals surface area contributed by atoms with Crippen molar-refractivity contribution in [2.24, 2.45) is 0 Å². The highest BCUT2D eigenvalue weighted by Gasteiger charge is 2.25. The average Bonchev–Trinajstić information content (AvgIpc) is 2.76. The van der Waals surface area contributed by atoms with Crippen LogP contribution in [0.4, 0.5) is 22.9 Å². The van der Waals surface area contributed by atoms with E-state index in [-0.39, 0.29) is 0 Å². The summed E-state index contributed by atoms with van der Waals surface area (Å²) in [6.07, 6.45) is 1.78. The van der Waals surface area contributed by atoms with Crippen molar-refractivity contribution in [2.75, 3.05) is 23.5 Å². The van der Waals surface area contributed by atoms with E-state index in [2.05, 4.69) is 19.6 Å². The predicted molar refractivity (Wildman–Crippen MR) is 72.4 cm³/mol. The molecule has 4 heteroatoms. The third kappa shape index (κ3) is 1.57. The first kappa shape index (κ1) is 10.6. The molecule has 0 radical (unpaired) electrons. The molecule has 0 atom stereocenters. The van der Waals surface area contributed by atoms with E-state index in [0.717, 1.165) is 23.9 Å². The minimum atomic E-state index is 0.657. The molecule has 88 valence electrons. The second kappa shape index (κ2) is 4.04. The van der Waals surface area contributed by atoms with E-state index in [9.17, 15) is 0 Å². The zero-order valence-electron chi connectivity index (χ0n) is 10.0. The Kier molecular flexibility index (Phi) is 2.38. The number of aromatic nitrogens is 1. The van der Waals surface area contributed by atoms with Crippen molar-refractivity contribution >= 4 is 22.9 Å². The number of hydrogen-bond donors (Lipinski definition) is 0. The van der Waals surface area contributed by atoms with E-state index in [1.165, 1.54) is 0 Å². The maximum atomic E-state index is 7.10. The average molecular weight is 236 g/mol. The van der Waals surface area contributed by atoms with Gasteiger partial charge in [-0.3, -0.25) is 0 Å². The number of benzene rings is 1. The summed E-state index contributed by atoms with van der Waals surface area (Å²) in [5.74, 6) is 0.908. The van der Waals surface area contributed by atoms with Gasteiger partial charge in [0.25, 0.3) is 0 Å². The Morgan fingerprint density at radius 2 is 2.11 bits per heavy atom. The van der Waals surface area contributed by atoms with Crippen LogP contribution in [0, 0.1) is 6.57 Å². The van der Waals surface area contributed by atoms with Gasteiger partial charge in [0.2, 0.25) is 0 Å². The Balaban J connectivity index is 2.10. The van der Waals surface area contributed by atoms with Gasteiger partial charge in [-0.2, -0.15) is 0 Å². The van der Waals surface area contributed by atoms with Gasteiger partial charge in [-0.1, -0.05) is 12.1 Å². The smallest absolute Gasteiger partial charge is 0.189 e. The van der Waals surface area contributed by atoms with Crippen LogP contribution in [0.5, 0.6) is 0 Å². The summed E-state index contributed by atoms with van der Waals surface area (Å²) in [5, 5.41) is 0. The summed E-state index contributed by atoms with van der Waals surface area (Å²) in [7, 11) is 2.04. The van der Waals surface area contributed by atoms with Crippen LogP contribution in [-0.2, 0) is 0 Å². The van der Waals surface area contributed by atoms with Gasteiger partial charge in [-0.25, -0.2) is 9.83 Å². The first-order valence-electron chi connectivity index (χ1n) is 5.71. The van der Waals surface area contributed by atoms with E-state index in [0.29, 0.717) is 5.69 Å². The second-order valence-electron chi connectivity index (χ2n) is 4.24. The molecule has 0 aliphatic carbocycles. The Morgan fingerprint density at radius 3 is 2.83 bits per heavy atom. The molecule has 0 saturated heterocycles. The highest BCUT2D eigenvalue weighted by molar-refractivity contribution is 5.83. The number of nitrogens with zero attached hydrogens (tertiary/aromatic N) is 4. The van der Waals surface area contributed by atoms with Crippen LogP contribution in [0.2, 0.25) is 0 Å². The van der Waals surface area contributed by atoms with Gasteiger partial charge in [0.1, 0.15) is 5.82 Å². The summed E-state index contributed by atoms with van der Waals surface area (Å²) in [4.78, 5) is 12.1. The van der Waals surface area contributed by atoms with Crippen molar-refractivity contribution in [1.29, 1.82) is 0 Å². The van der Waals surface area contributed by atoms with Crippen molar-refractivity contribution in [3.8, 4) is 0 Å². The molecule has 3 rings (SSSR count). The monoisotopic (exact) mass is 236 g/mol. The molecule has 0 fully saturated rings. The fraction of sp³-hybridized carbons (Fsp3) is 0.143. The zero-order valence-corrected chi connectivity index (χ0v) is 10.0. The quantitative estimate of drug-likeness (QED) is 0.710. The van der Waals surface area contributed by atoms with Crippen molar-refractivity contribution in [3.05, 3.63) is 54.0 Å². The van der Waals surface area contributed by atoms with Crippen LogP contribution in [0.25, 0.3) is 4.85 Å². The Hall–Kier alpha value is -2.54. The number of hydrogen-bond acceptors (Lipinski definition) is 3. The predicted octanol–water partition coefficient (Wildman–Crippen LogP) is 3.18. The minimum Gasteiger partial charge on any atom is -0.355 e. The molecule has 1 aromatic heterocycles. The standard InChI is InChI=1S/C14H12N4/c1-15-11-6-7-12-13(9-11)18(10-17(12)2)14-5-3-4-8-16-14/h3-9H,10H2,2H3. The fourth-order valence-electron chi connectivity index (χ4n) is 2.19. The highest BCUT2D eigenvalue weighted by Crippen LogP contribution is 2.41. The van der Waals surface area contributed by atoms with Gasteiger partial charge in [-0.05, 0) is 24.3 Å². The molecule has 0 N–H and O–H groups in total. The maximum Gasteiger partial charge on any atom is 0.189 e. The fourth-order valence-corrected chi connectivity index (χ4v) is 2.19. The molecule has 0 unspecified atom stereocenters. The van der Waals surface area contributed by atoms with Crippen LogP contribution in [0.1, 0.15) is 0 Å². The maximum absolute atomic E-state index is 7.10. The molecule has 18 heavy (non-hydrogen) atoms. The van der Waals surface area contributed by atoms with Crippen molar-refractivity contribution in [2.45, 2.75) is 0 Å². The van der Waals surface area contributed by atoms with Gasteiger partial charge < -0.3 is 9.80 Å². The third-order valence-electron chi connectivity index (χ3n) is 3.07. The topological polar surface area (TPSA) is 23.7 Å². The number of pyridine rings is 1. The summed E-state index contributed by atoms with van der Waals surface area (Å²) in [6, 6.07) is 11.6. The lowest BCUT2D eigenvalue weighted by atomic mass is 10.2. The molecule has 1 aromatic carbocycles. The summed E-state index contributed by atoms with van der Waals surface area (Å²) in [5.41, 5.74) is 2.84. The molecular formula is C14H12N4. The highest BCUT2D eigenvalue weighted by atomic mass is 15.4. The summed E-state index contributed by atoms with van der Waals surface area (Å²) in [6.45, 7) is 7.86. The SMILES string of the molecule is [C-]#[N+]c1ccc2c(c1)N(c1ccccn1)CN2C. The minimum absolute atomic E-state index is 0.657. The molecule has 1 aliphatic rings. The summed E-state index contributed by atoms with van der Waals surface area (Å²) >= 11 is 0. The Bertz CT molecular complexity index is 615. The van der Waals surface area contributed by atoms with Gasteiger partial charge >= 0.3 is 0 Å². The lowest BCUT2D eigenvalue weighted by Gasteiger charge is -2.18. The van der Waals surface area contributed by atoms with E-state index >= 15 is 0 Å². The lowest BCUT2D eigenvalue weighted by Crippen LogP contribution is -2.24. The van der Waals surface area contributed by atoms with Crippen LogP contribution in [-0.4, -0.2) is 18.7 Å². The molecule has 0 amide bonds. The van der Waals surface area contributed by atoms with Crippen molar-refractivity contribution < 1.29 is 0 Å². The molecule has 0 bridgehead atoms. The number of fused-ring (bicyclic) bond motifs is 1. The van der Waals surface area contributed by atoms with Crippen LogP contribution < -0.4 is 9.80 Å². The van der Waals surface area contributed by atoms with Gasteiger partial charge in [0.15, 0.2) is 5.69 Å². The number of anilines is 3. The van der Waals surface area contributed by atoms with E-state index in [4.69, 9.17) is 6.57 Å². The van der Waals surface area contributed by atoms with Crippen LogP contribution >= 0.6 is 0 Å². The summed E-state index contributed by atoms with van der Waals surface area (Å²) < 4.78 is 0. The normalized spacial score (nSPS) is 13.3. The first-order valence-corrected chi connectivity index (χ1v) is 5.71. The molecule has 4 nitrogen and oxygen atoms in total. The van der Waals surface area contributed by atoms with Crippen molar-refractivity contribution in [3.63, 3.8) is 0 Å². The molecule has 0 spiro atoms. The van der Waals surface area contributed by atoms with E-state index in [1.807, 2.05) is 43.4 Å². The molecule has 2 heterocycles. The molecular weight excluding hydrogens is 224 g/mol. The van der Waals surface area contributed by atoms with E-state index < -0.39 is 0 Å². The van der Waals surface area contributed by atoms with Crippen LogP contribution in [0.15, 0.2) is 42.6 Å².